The summed E-state index contributed by atoms with van der Waals surface area (Å²) in [5, 5.41) is -1.51. The molecule has 0 saturated carbocycles. The molecule has 12 heteroatoms. The van der Waals surface area contributed by atoms with Gasteiger partial charge in [-0.15, -0.1) is 0 Å². The zero-order valence-corrected chi connectivity index (χ0v) is 16.7. The summed E-state index contributed by atoms with van der Waals surface area (Å²) in [5.41, 5.74) is -1.72. The molecule has 0 unspecified atom stereocenters. The van der Waals surface area contributed by atoms with E-state index in [4.69, 9.17) is 46.4 Å². The quantitative estimate of drug-likeness (QED) is 0.521. The van der Waals surface area contributed by atoms with Gasteiger partial charge < -0.3 is 0 Å². The van der Waals surface area contributed by atoms with Crippen LogP contribution in [0.1, 0.15) is 5.56 Å². The van der Waals surface area contributed by atoms with E-state index in [9.17, 15) is 26.4 Å². The van der Waals surface area contributed by atoms with Gasteiger partial charge in [-0.1, -0.05) is 34.8 Å². The van der Waals surface area contributed by atoms with Gasteiger partial charge in [0.2, 0.25) is 5.24 Å². The summed E-state index contributed by atoms with van der Waals surface area (Å²) < 4.78 is 65.2. The van der Waals surface area contributed by atoms with Crippen LogP contribution in [0.25, 0.3) is 0 Å². The number of alkyl halides is 3. The Bertz CT molecular complexity index is 996. The maximum absolute atomic E-state index is 13.0. The average molecular weight is 481 g/mol. The van der Waals surface area contributed by atoms with Gasteiger partial charge in [0, 0.05) is 0 Å². The number of rotatable bonds is 5. The molecule has 0 aliphatic rings. The van der Waals surface area contributed by atoms with Crippen LogP contribution in [0.5, 0.6) is 0 Å². The Morgan fingerprint density at radius 1 is 0.963 bits per heavy atom. The first kappa shape index (κ1) is 22.1. The molecule has 0 aliphatic carbocycles. The van der Waals surface area contributed by atoms with Crippen molar-refractivity contribution in [2.24, 2.45) is 0 Å². The van der Waals surface area contributed by atoms with Gasteiger partial charge >= 0.3 is 6.18 Å². The zero-order chi connectivity index (χ0) is 20.6. The lowest BCUT2D eigenvalue weighted by atomic mass is 10.2. The van der Waals surface area contributed by atoms with Gasteiger partial charge in [-0.05, 0) is 48.0 Å². The second-order valence-electron chi connectivity index (χ2n) is 5.11. The monoisotopic (exact) mass is 479 g/mol. The van der Waals surface area contributed by atoms with Crippen LogP contribution < -0.4 is 4.31 Å². The third-order valence-corrected chi connectivity index (χ3v) is 6.22. The molecular weight excluding hydrogens is 473 g/mol. The lowest BCUT2D eigenvalue weighted by Gasteiger charge is -2.25. The molecule has 0 atom stereocenters. The van der Waals surface area contributed by atoms with Crippen LogP contribution in [0.2, 0.25) is 15.1 Å². The molecule has 2 rings (SSSR count). The molecule has 146 valence electrons. The molecule has 0 saturated heterocycles. The summed E-state index contributed by atoms with van der Waals surface area (Å²) >= 11 is 22.8. The highest BCUT2D eigenvalue weighted by atomic mass is 35.5. The van der Waals surface area contributed by atoms with Crippen LogP contribution in [0.3, 0.4) is 0 Å². The topological polar surface area (TPSA) is 54.5 Å². The first-order chi connectivity index (χ1) is 12.3. The van der Waals surface area contributed by atoms with Crippen LogP contribution in [-0.4, -0.2) is 20.2 Å². The minimum Gasteiger partial charge on any atom is -0.279 e. The molecule has 0 N–H and O–H groups in total. The lowest BCUT2D eigenvalue weighted by molar-refractivity contribution is -0.137. The van der Waals surface area contributed by atoms with Crippen molar-refractivity contribution in [1.82, 2.24) is 0 Å². The number of carbonyl (C=O) groups excluding carboxylic acids is 1. The molecule has 0 aromatic heterocycles. The smallest absolute Gasteiger partial charge is 0.279 e. The summed E-state index contributed by atoms with van der Waals surface area (Å²) in [5.74, 6) is 0. The number of hydrogen-bond donors (Lipinski definition) is 0. The number of anilines is 1. The molecule has 27 heavy (non-hydrogen) atoms. The molecule has 0 radical (unpaired) electrons. The van der Waals surface area contributed by atoms with Crippen LogP contribution in [0.4, 0.5) is 18.9 Å². The van der Waals surface area contributed by atoms with E-state index in [0.717, 1.165) is 18.2 Å². The van der Waals surface area contributed by atoms with Crippen LogP contribution in [0.15, 0.2) is 41.3 Å². The normalized spacial score (nSPS) is 12.1. The number of nitrogens with zero attached hydrogens (tertiary/aromatic N) is 1. The Kier molecular flexibility index (Phi) is 6.59. The van der Waals surface area contributed by atoms with Crippen molar-refractivity contribution in [3.8, 4) is 0 Å². The predicted molar refractivity (Wildman–Crippen MR) is 98.3 cm³/mol. The number of benzene rings is 2. The molecule has 0 fully saturated rings. The van der Waals surface area contributed by atoms with E-state index >= 15 is 0 Å². The van der Waals surface area contributed by atoms with E-state index < -0.39 is 44.1 Å². The minimum atomic E-state index is -4.76. The van der Waals surface area contributed by atoms with Gasteiger partial charge in [0.25, 0.3) is 10.0 Å². The summed E-state index contributed by atoms with van der Waals surface area (Å²) in [6.07, 6.45) is -4.76. The lowest BCUT2D eigenvalue weighted by Crippen LogP contribution is -2.35. The largest absolute Gasteiger partial charge is 0.416 e. The summed E-state index contributed by atoms with van der Waals surface area (Å²) in [6, 6.07) is 5.32. The Hall–Kier alpha value is -1.19. The standard InChI is InChI=1S/C15H8Cl4F3NO3S/c16-10-4-2-9(6-12(10)18)27(25,26)23(7-14(19)24)13-5-8(15(20,21)22)1-3-11(13)17/h1-6H,7H2. The fourth-order valence-corrected chi connectivity index (χ4v) is 4.34. The van der Waals surface area contributed by atoms with Crippen molar-refractivity contribution < 1.29 is 26.4 Å². The molecule has 0 heterocycles. The molecule has 2 aromatic rings. The van der Waals surface area contributed by atoms with Crippen LogP contribution in [-0.2, 0) is 21.0 Å². The first-order valence-electron chi connectivity index (χ1n) is 6.87. The van der Waals surface area contributed by atoms with E-state index in [1.54, 1.807) is 0 Å². The Balaban J connectivity index is 2.68. The minimum absolute atomic E-state index is 0.0627. The van der Waals surface area contributed by atoms with E-state index in [2.05, 4.69) is 0 Å². The van der Waals surface area contributed by atoms with Crippen molar-refractivity contribution >= 4 is 67.4 Å². The van der Waals surface area contributed by atoms with Crippen molar-refractivity contribution in [3.63, 3.8) is 0 Å². The van der Waals surface area contributed by atoms with E-state index in [1.807, 2.05) is 0 Å². The second-order valence-corrected chi connectivity index (χ2v) is 8.61. The Labute approximate surface area is 172 Å². The maximum atomic E-state index is 13.0. The second kappa shape index (κ2) is 8.05. The van der Waals surface area contributed by atoms with Crippen molar-refractivity contribution in [1.29, 1.82) is 0 Å². The van der Waals surface area contributed by atoms with Crippen LogP contribution in [0, 0.1) is 0 Å². The van der Waals surface area contributed by atoms with Gasteiger partial charge in [-0.3, -0.25) is 9.10 Å². The van der Waals surface area contributed by atoms with Gasteiger partial charge in [-0.2, -0.15) is 13.2 Å². The highest BCUT2D eigenvalue weighted by Crippen LogP contribution is 2.38. The first-order valence-corrected chi connectivity index (χ1v) is 9.82. The molecule has 4 nitrogen and oxygen atoms in total. The van der Waals surface area contributed by atoms with Crippen molar-refractivity contribution in [3.05, 3.63) is 57.0 Å². The predicted octanol–water partition coefficient (Wildman–Crippen LogP) is 5.63. The molecule has 2 aromatic carbocycles. The van der Waals surface area contributed by atoms with Crippen molar-refractivity contribution in [2.45, 2.75) is 11.1 Å². The molecule has 0 spiro atoms. The number of sulfonamides is 1. The Morgan fingerprint density at radius 2 is 1.56 bits per heavy atom. The highest BCUT2D eigenvalue weighted by molar-refractivity contribution is 7.92. The maximum Gasteiger partial charge on any atom is 0.416 e. The molecule has 0 amide bonds. The molecular formula is C15H8Cl4F3NO3S. The summed E-state index contributed by atoms with van der Waals surface area (Å²) in [7, 11) is -4.54. The summed E-state index contributed by atoms with van der Waals surface area (Å²) in [4.78, 5) is 11.0. The van der Waals surface area contributed by atoms with Crippen LogP contribution >= 0.6 is 46.4 Å². The zero-order valence-electron chi connectivity index (χ0n) is 12.9. The number of carbonyl (C=O) groups is 1. The fourth-order valence-electron chi connectivity index (χ4n) is 2.06. The Morgan fingerprint density at radius 3 is 2.07 bits per heavy atom. The van der Waals surface area contributed by atoms with E-state index in [-0.39, 0.29) is 15.1 Å². The molecule has 0 aliphatic heterocycles. The third-order valence-electron chi connectivity index (χ3n) is 3.29. The number of halogens is 7. The van der Waals surface area contributed by atoms with Gasteiger partial charge in [-0.25, -0.2) is 8.42 Å². The average Bonchev–Trinajstić information content (AvgIpc) is 2.54. The summed E-state index contributed by atoms with van der Waals surface area (Å²) in [6.45, 7) is -0.953. The SMILES string of the molecule is O=C(Cl)CN(c1cc(C(F)(F)F)ccc1Cl)S(=O)(=O)c1ccc(Cl)c(Cl)c1. The number of hydrogen-bond acceptors (Lipinski definition) is 3. The molecule has 0 bridgehead atoms. The van der Waals surface area contributed by atoms with Gasteiger partial charge in [0.05, 0.1) is 31.2 Å². The van der Waals surface area contributed by atoms with E-state index in [1.165, 1.54) is 6.07 Å². The third kappa shape index (κ3) is 5.00. The van der Waals surface area contributed by atoms with Gasteiger partial charge in [0.15, 0.2) is 0 Å². The van der Waals surface area contributed by atoms with Crippen molar-refractivity contribution in [2.75, 3.05) is 10.8 Å². The fraction of sp³-hybridized carbons (Fsp3) is 0.133. The van der Waals surface area contributed by atoms with E-state index in [0.29, 0.717) is 16.4 Å². The highest BCUT2D eigenvalue weighted by Gasteiger charge is 2.34. The van der Waals surface area contributed by atoms with Gasteiger partial charge in [0.1, 0.15) is 6.54 Å².